The molecule has 1 fully saturated rings. The highest BCUT2D eigenvalue weighted by Gasteiger charge is 2.36. The topological polar surface area (TPSA) is 94.2 Å². The summed E-state index contributed by atoms with van der Waals surface area (Å²) in [4.78, 5) is 38.6. The Morgan fingerprint density at radius 1 is 1.06 bits per heavy atom. The number of benzene rings is 2. The molecule has 4 amide bonds. The summed E-state index contributed by atoms with van der Waals surface area (Å²) in [5, 5.41) is 2.19. The minimum atomic E-state index is -0.827. The third-order valence-corrected chi connectivity index (χ3v) is 4.32. The summed E-state index contributed by atoms with van der Waals surface area (Å²) in [6.45, 7) is 2.40. The van der Waals surface area contributed by atoms with Gasteiger partial charge >= 0.3 is 6.03 Å². The van der Waals surface area contributed by atoms with Crippen molar-refractivity contribution in [2.45, 2.75) is 6.92 Å². The van der Waals surface area contributed by atoms with E-state index in [-0.39, 0.29) is 12.2 Å². The molecule has 158 valence electrons. The van der Waals surface area contributed by atoms with E-state index in [4.69, 9.17) is 20.6 Å². The molecule has 31 heavy (non-hydrogen) atoms. The maximum atomic E-state index is 13.0. The lowest BCUT2D eigenvalue weighted by Crippen LogP contribution is -2.54. The number of urea groups is 1. The van der Waals surface area contributed by atoms with Gasteiger partial charge in [-0.3, -0.25) is 14.9 Å². The highest BCUT2D eigenvalue weighted by Crippen LogP contribution is 2.30. The second-order valence-corrected chi connectivity index (χ2v) is 6.29. The van der Waals surface area contributed by atoms with Crippen molar-refractivity contribution in [3.63, 3.8) is 0 Å². The molecule has 1 aliphatic heterocycles. The molecule has 0 saturated carbocycles. The van der Waals surface area contributed by atoms with Crippen LogP contribution in [0.3, 0.4) is 0 Å². The molecule has 0 bridgehead atoms. The molecule has 1 aliphatic rings. The van der Waals surface area contributed by atoms with Crippen LogP contribution in [0.2, 0.25) is 0 Å². The standard InChI is InChI=1S/C23H20N2O6/c1-4-12-31-19-11-6-15(14-20(19)29-3)13-18-21(26)24-23(28)25(22(18)27)16-7-9-17(10-8-16)30-5-2/h1,6-11,13-14H,5,12H2,2-3H3,(H,24,26,28)/b18-13+. The van der Waals surface area contributed by atoms with Gasteiger partial charge in [-0.25, -0.2) is 9.69 Å². The van der Waals surface area contributed by atoms with Gasteiger partial charge in [-0.15, -0.1) is 6.42 Å². The van der Waals surface area contributed by atoms with E-state index in [0.29, 0.717) is 35.1 Å². The van der Waals surface area contributed by atoms with E-state index in [1.807, 2.05) is 6.92 Å². The summed E-state index contributed by atoms with van der Waals surface area (Å²) in [7, 11) is 1.46. The monoisotopic (exact) mass is 420 g/mol. The molecule has 1 heterocycles. The van der Waals surface area contributed by atoms with E-state index in [1.165, 1.54) is 13.2 Å². The molecule has 8 nitrogen and oxygen atoms in total. The van der Waals surface area contributed by atoms with Crippen LogP contribution in [0.15, 0.2) is 48.0 Å². The van der Waals surface area contributed by atoms with Crippen LogP contribution in [0.1, 0.15) is 12.5 Å². The number of imide groups is 2. The van der Waals surface area contributed by atoms with Gasteiger partial charge < -0.3 is 14.2 Å². The summed E-state index contributed by atoms with van der Waals surface area (Å²) in [6.07, 6.45) is 6.58. The van der Waals surface area contributed by atoms with Gasteiger partial charge in [0.25, 0.3) is 11.8 Å². The van der Waals surface area contributed by atoms with Crippen LogP contribution in [0, 0.1) is 12.3 Å². The lowest BCUT2D eigenvalue weighted by atomic mass is 10.1. The number of barbiturate groups is 1. The molecule has 0 unspecified atom stereocenters. The summed E-state index contributed by atoms with van der Waals surface area (Å²) in [5.74, 6) is 2.23. The van der Waals surface area contributed by atoms with Crippen LogP contribution in [0.4, 0.5) is 10.5 Å². The maximum Gasteiger partial charge on any atom is 0.335 e. The van der Waals surface area contributed by atoms with Crippen LogP contribution >= 0.6 is 0 Å². The smallest absolute Gasteiger partial charge is 0.335 e. The Bertz CT molecular complexity index is 1080. The van der Waals surface area contributed by atoms with Crippen molar-refractivity contribution in [3.05, 3.63) is 53.6 Å². The lowest BCUT2D eigenvalue weighted by molar-refractivity contribution is -0.122. The van der Waals surface area contributed by atoms with Crippen molar-refractivity contribution in [2.24, 2.45) is 0 Å². The summed E-state index contributed by atoms with van der Waals surface area (Å²) >= 11 is 0. The third kappa shape index (κ3) is 4.67. The predicted molar refractivity (Wildman–Crippen MR) is 114 cm³/mol. The van der Waals surface area contributed by atoms with Gasteiger partial charge in [0.15, 0.2) is 11.5 Å². The summed E-state index contributed by atoms with van der Waals surface area (Å²) < 4.78 is 16.0. The molecular formula is C23H20N2O6. The van der Waals surface area contributed by atoms with Gasteiger partial charge in [-0.2, -0.15) is 0 Å². The number of hydrogen-bond acceptors (Lipinski definition) is 6. The van der Waals surface area contributed by atoms with Gasteiger partial charge in [0, 0.05) is 0 Å². The molecule has 0 spiro atoms. The van der Waals surface area contributed by atoms with Gasteiger partial charge in [-0.1, -0.05) is 12.0 Å². The Morgan fingerprint density at radius 2 is 1.81 bits per heavy atom. The van der Waals surface area contributed by atoms with Crippen LogP contribution in [0.25, 0.3) is 6.08 Å². The average molecular weight is 420 g/mol. The number of ether oxygens (including phenoxy) is 3. The van der Waals surface area contributed by atoms with Crippen LogP contribution in [-0.2, 0) is 9.59 Å². The molecule has 2 aromatic carbocycles. The Labute approximate surface area is 179 Å². The number of terminal acetylenes is 1. The Balaban J connectivity index is 1.92. The number of hydrogen-bond donors (Lipinski definition) is 1. The first kappa shape index (κ1) is 21.5. The molecular weight excluding hydrogens is 400 g/mol. The van der Waals surface area contributed by atoms with E-state index < -0.39 is 17.8 Å². The number of nitrogens with one attached hydrogen (secondary N) is 1. The van der Waals surface area contributed by atoms with Crippen molar-refractivity contribution >= 4 is 29.6 Å². The zero-order chi connectivity index (χ0) is 22.4. The van der Waals surface area contributed by atoms with Crippen LogP contribution < -0.4 is 24.4 Å². The maximum absolute atomic E-state index is 13.0. The van der Waals surface area contributed by atoms with E-state index >= 15 is 0 Å². The SMILES string of the molecule is C#CCOc1ccc(/C=C2\C(=O)NC(=O)N(c3ccc(OCC)cc3)C2=O)cc1OC. The van der Waals surface area contributed by atoms with Crippen molar-refractivity contribution in [2.75, 3.05) is 25.2 Å². The van der Waals surface area contributed by atoms with E-state index in [9.17, 15) is 14.4 Å². The predicted octanol–water partition coefficient (Wildman–Crippen LogP) is 2.77. The highest BCUT2D eigenvalue weighted by molar-refractivity contribution is 6.39. The molecule has 8 heteroatoms. The summed E-state index contributed by atoms with van der Waals surface area (Å²) in [6, 6.07) is 10.4. The number of anilines is 1. The minimum absolute atomic E-state index is 0.0663. The van der Waals surface area contributed by atoms with Crippen molar-refractivity contribution in [3.8, 4) is 29.6 Å². The fraction of sp³-hybridized carbons (Fsp3) is 0.174. The second-order valence-electron chi connectivity index (χ2n) is 6.29. The number of carbonyl (C=O) groups is 3. The van der Waals surface area contributed by atoms with Gasteiger partial charge in [0.1, 0.15) is 17.9 Å². The number of nitrogens with zero attached hydrogens (tertiary/aromatic N) is 1. The number of carbonyl (C=O) groups excluding carboxylic acids is 3. The normalized spacial score (nSPS) is 14.8. The van der Waals surface area contributed by atoms with E-state index in [1.54, 1.807) is 42.5 Å². The number of amides is 4. The first-order valence-electron chi connectivity index (χ1n) is 9.37. The zero-order valence-electron chi connectivity index (χ0n) is 17.0. The first-order valence-corrected chi connectivity index (χ1v) is 9.37. The Morgan fingerprint density at radius 3 is 2.45 bits per heavy atom. The molecule has 1 saturated heterocycles. The lowest BCUT2D eigenvalue weighted by Gasteiger charge is -2.26. The molecule has 1 N–H and O–H groups in total. The quantitative estimate of drug-likeness (QED) is 0.421. The number of rotatable bonds is 7. The molecule has 2 aromatic rings. The Hall–Kier alpha value is -4.25. The van der Waals surface area contributed by atoms with Gasteiger partial charge in [0.05, 0.1) is 19.4 Å². The molecule has 0 radical (unpaired) electrons. The third-order valence-electron chi connectivity index (χ3n) is 4.32. The van der Waals surface area contributed by atoms with E-state index in [2.05, 4.69) is 11.2 Å². The zero-order valence-corrected chi connectivity index (χ0v) is 17.0. The molecule has 0 atom stereocenters. The van der Waals surface area contributed by atoms with E-state index in [0.717, 1.165) is 4.90 Å². The fourth-order valence-corrected chi connectivity index (χ4v) is 2.93. The van der Waals surface area contributed by atoms with Crippen molar-refractivity contribution < 1.29 is 28.6 Å². The molecule has 3 rings (SSSR count). The molecule has 0 aliphatic carbocycles. The summed E-state index contributed by atoms with van der Waals surface area (Å²) in [5.41, 5.74) is 0.609. The second kappa shape index (κ2) is 9.50. The number of methoxy groups -OCH3 is 1. The van der Waals surface area contributed by atoms with Gasteiger partial charge in [0.2, 0.25) is 0 Å². The Kier molecular flexibility index (Phi) is 6.58. The van der Waals surface area contributed by atoms with Crippen molar-refractivity contribution in [1.29, 1.82) is 0 Å². The van der Waals surface area contributed by atoms with Crippen molar-refractivity contribution in [1.82, 2.24) is 5.32 Å². The minimum Gasteiger partial charge on any atom is -0.494 e. The van der Waals surface area contributed by atoms with Crippen LogP contribution in [-0.4, -0.2) is 38.2 Å². The average Bonchev–Trinajstić information content (AvgIpc) is 2.76. The first-order chi connectivity index (χ1) is 15.0. The highest BCUT2D eigenvalue weighted by atomic mass is 16.5. The fourth-order valence-electron chi connectivity index (χ4n) is 2.93. The van der Waals surface area contributed by atoms with Gasteiger partial charge in [-0.05, 0) is 55.0 Å². The molecule has 0 aromatic heterocycles. The van der Waals surface area contributed by atoms with Crippen LogP contribution in [0.5, 0.6) is 17.2 Å². The largest absolute Gasteiger partial charge is 0.494 e.